The third kappa shape index (κ3) is 2.88. The largest absolute Gasteiger partial charge is 0.496 e. The van der Waals surface area contributed by atoms with Crippen LogP contribution in [0.5, 0.6) is 11.5 Å². The topological polar surface area (TPSA) is 67.8 Å². The van der Waals surface area contributed by atoms with Gasteiger partial charge in [0, 0.05) is 5.56 Å². The average Bonchev–Trinajstić information content (AvgIpc) is 2.29. The standard InChI is InChI=1S/C12H17NO4/c1-7-10(16-3)6-5-9(11(7)17-4)13-12(15)8(2)14/h5-6,8,14H,1-4H3,(H,13,15). The Morgan fingerprint density at radius 2 is 2.00 bits per heavy atom. The molecule has 1 aromatic carbocycles. The number of ether oxygens (including phenoxy) is 2. The van der Waals surface area contributed by atoms with Crippen LogP contribution in [-0.2, 0) is 4.79 Å². The van der Waals surface area contributed by atoms with Gasteiger partial charge in [0.1, 0.15) is 17.6 Å². The maximum atomic E-state index is 11.4. The van der Waals surface area contributed by atoms with Crippen molar-refractivity contribution in [3.8, 4) is 11.5 Å². The van der Waals surface area contributed by atoms with Gasteiger partial charge in [-0.1, -0.05) is 0 Å². The van der Waals surface area contributed by atoms with Crippen molar-refractivity contribution in [2.75, 3.05) is 19.5 Å². The van der Waals surface area contributed by atoms with Crippen molar-refractivity contribution in [1.82, 2.24) is 0 Å². The number of anilines is 1. The summed E-state index contributed by atoms with van der Waals surface area (Å²) in [7, 11) is 3.08. The van der Waals surface area contributed by atoms with E-state index in [-0.39, 0.29) is 0 Å². The van der Waals surface area contributed by atoms with E-state index in [4.69, 9.17) is 14.6 Å². The van der Waals surface area contributed by atoms with Crippen molar-refractivity contribution >= 4 is 11.6 Å². The van der Waals surface area contributed by atoms with Crippen LogP contribution < -0.4 is 14.8 Å². The first-order valence-corrected chi connectivity index (χ1v) is 5.21. The molecule has 17 heavy (non-hydrogen) atoms. The summed E-state index contributed by atoms with van der Waals surface area (Å²) in [4.78, 5) is 11.4. The molecular formula is C12H17NO4. The molecule has 5 nitrogen and oxygen atoms in total. The van der Waals surface area contributed by atoms with Gasteiger partial charge in [-0.2, -0.15) is 0 Å². The number of carbonyl (C=O) groups excluding carboxylic acids is 1. The SMILES string of the molecule is COc1ccc(NC(=O)C(C)O)c(OC)c1C. The highest BCUT2D eigenvalue weighted by Crippen LogP contribution is 2.34. The molecule has 0 saturated carbocycles. The molecular weight excluding hydrogens is 222 g/mol. The van der Waals surface area contributed by atoms with E-state index in [0.717, 1.165) is 5.56 Å². The van der Waals surface area contributed by atoms with E-state index in [1.807, 2.05) is 6.92 Å². The lowest BCUT2D eigenvalue weighted by Gasteiger charge is -2.15. The van der Waals surface area contributed by atoms with Crippen LogP contribution in [0.4, 0.5) is 5.69 Å². The average molecular weight is 239 g/mol. The van der Waals surface area contributed by atoms with E-state index in [0.29, 0.717) is 17.2 Å². The van der Waals surface area contributed by atoms with E-state index >= 15 is 0 Å². The Kier molecular flexibility index (Phi) is 4.34. The Morgan fingerprint density at radius 1 is 1.35 bits per heavy atom. The first-order valence-electron chi connectivity index (χ1n) is 5.21. The number of methoxy groups -OCH3 is 2. The van der Waals surface area contributed by atoms with Crippen LogP contribution in [0.25, 0.3) is 0 Å². The molecule has 1 aromatic rings. The number of rotatable bonds is 4. The lowest BCUT2D eigenvalue weighted by atomic mass is 10.1. The zero-order valence-electron chi connectivity index (χ0n) is 10.4. The highest BCUT2D eigenvalue weighted by atomic mass is 16.5. The van der Waals surface area contributed by atoms with Gasteiger partial charge < -0.3 is 19.9 Å². The van der Waals surface area contributed by atoms with Crippen molar-refractivity contribution in [2.45, 2.75) is 20.0 Å². The lowest BCUT2D eigenvalue weighted by molar-refractivity contribution is -0.123. The minimum Gasteiger partial charge on any atom is -0.496 e. The van der Waals surface area contributed by atoms with Crippen molar-refractivity contribution in [2.24, 2.45) is 0 Å². The monoisotopic (exact) mass is 239 g/mol. The fraction of sp³-hybridized carbons (Fsp3) is 0.417. The van der Waals surface area contributed by atoms with Gasteiger partial charge in [0.15, 0.2) is 0 Å². The van der Waals surface area contributed by atoms with Crippen LogP contribution in [-0.4, -0.2) is 31.3 Å². The summed E-state index contributed by atoms with van der Waals surface area (Å²) < 4.78 is 10.4. The Hall–Kier alpha value is -1.75. The van der Waals surface area contributed by atoms with Crippen LogP contribution in [0.1, 0.15) is 12.5 Å². The maximum Gasteiger partial charge on any atom is 0.253 e. The number of aliphatic hydroxyl groups is 1. The molecule has 1 amide bonds. The molecule has 5 heteroatoms. The van der Waals surface area contributed by atoms with Crippen molar-refractivity contribution in [1.29, 1.82) is 0 Å². The molecule has 0 aliphatic rings. The van der Waals surface area contributed by atoms with Gasteiger partial charge >= 0.3 is 0 Å². The second-order valence-corrected chi connectivity index (χ2v) is 3.64. The zero-order chi connectivity index (χ0) is 13.0. The zero-order valence-corrected chi connectivity index (χ0v) is 10.4. The molecule has 0 spiro atoms. The molecule has 2 N–H and O–H groups in total. The second kappa shape index (κ2) is 5.54. The molecule has 1 rings (SSSR count). The summed E-state index contributed by atoms with van der Waals surface area (Å²) in [5, 5.41) is 11.7. The summed E-state index contributed by atoms with van der Waals surface area (Å²) in [6.45, 7) is 3.23. The lowest BCUT2D eigenvalue weighted by Crippen LogP contribution is -2.24. The van der Waals surface area contributed by atoms with Gasteiger partial charge in [0.05, 0.1) is 19.9 Å². The quantitative estimate of drug-likeness (QED) is 0.831. The number of amides is 1. The molecule has 0 bridgehead atoms. The predicted molar refractivity (Wildman–Crippen MR) is 64.6 cm³/mol. The highest BCUT2D eigenvalue weighted by molar-refractivity contribution is 5.95. The number of hydrogen-bond donors (Lipinski definition) is 2. The molecule has 0 aromatic heterocycles. The number of carbonyl (C=O) groups is 1. The van der Waals surface area contributed by atoms with Gasteiger partial charge in [-0.25, -0.2) is 0 Å². The number of hydrogen-bond acceptors (Lipinski definition) is 4. The van der Waals surface area contributed by atoms with Crippen LogP contribution in [0, 0.1) is 6.92 Å². The molecule has 0 aliphatic heterocycles. The van der Waals surface area contributed by atoms with Gasteiger partial charge in [0.25, 0.3) is 5.91 Å². The molecule has 0 heterocycles. The van der Waals surface area contributed by atoms with Gasteiger partial charge in [-0.05, 0) is 26.0 Å². The van der Waals surface area contributed by atoms with Crippen molar-refractivity contribution in [3.05, 3.63) is 17.7 Å². The number of nitrogens with one attached hydrogen (secondary N) is 1. The maximum absolute atomic E-state index is 11.4. The van der Waals surface area contributed by atoms with Crippen LogP contribution in [0.3, 0.4) is 0 Å². The molecule has 94 valence electrons. The van der Waals surface area contributed by atoms with E-state index < -0.39 is 12.0 Å². The normalized spacial score (nSPS) is 11.8. The van der Waals surface area contributed by atoms with Crippen LogP contribution in [0.2, 0.25) is 0 Å². The number of benzene rings is 1. The molecule has 0 aliphatic carbocycles. The van der Waals surface area contributed by atoms with Gasteiger partial charge in [0.2, 0.25) is 0 Å². The molecule has 0 radical (unpaired) electrons. The molecule has 0 saturated heterocycles. The van der Waals surface area contributed by atoms with Crippen molar-refractivity contribution < 1.29 is 19.4 Å². The fourth-order valence-corrected chi connectivity index (χ4v) is 1.49. The summed E-state index contributed by atoms with van der Waals surface area (Å²) >= 11 is 0. The predicted octanol–water partition coefficient (Wildman–Crippen LogP) is 1.33. The first-order chi connectivity index (χ1) is 8.01. The highest BCUT2D eigenvalue weighted by Gasteiger charge is 2.15. The smallest absolute Gasteiger partial charge is 0.253 e. The number of aliphatic hydroxyl groups excluding tert-OH is 1. The summed E-state index contributed by atoms with van der Waals surface area (Å²) in [6, 6.07) is 3.40. The molecule has 1 unspecified atom stereocenters. The Balaban J connectivity index is 3.08. The van der Waals surface area contributed by atoms with Crippen LogP contribution in [0.15, 0.2) is 12.1 Å². The van der Waals surface area contributed by atoms with Crippen LogP contribution >= 0.6 is 0 Å². The third-order valence-electron chi connectivity index (χ3n) is 2.42. The summed E-state index contributed by atoms with van der Waals surface area (Å²) in [6.07, 6.45) is -1.07. The Labute approximate surface area is 100 Å². The Bertz CT molecular complexity index is 415. The van der Waals surface area contributed by atoms with E-state index in [1.54, 1.807) is 19.2 Å². The molecule has 0 fully saturated rings. The minimum atomic E-state index is -1.07. The third-order valence-corrected chi connectivity index (χ3v) is 2.42. The fourth-order valence-electron chi connectivity index (χ4n) is 1.49. The van der Waals surface area contributed by atoms with Gasteiger partial charge in [-0.15, -0.1) is 0 Å². The summed E-state index contributed by atoms with van der Waals surface area (Å²) in [5.41, 5.74) is 1.30. The van der Waals surface area contributed by atoms with E-state index in [2.05, 4.69) is 5.32 Å². The Morgan fingerprint density at radius 3 is 2.47 bits per heavy atom. The van der Waals surface area contributed by atoms with Gasteiger partial charge in [-0.3, -0.25) is 4.79 Å². The minimum absolute atomic E-state index is 0.479. The second-order valence-electron chi connectivity index (χ2n) is 3.64. The summed E-state index contributed by atoms with van der Waals surface area (Å²) in [5.74, 6) is 0.725. The first kappa shape index (κ1) is 13.3. The van der Waals surface area contributed by atoms with Crippen molar-refractivity contribution in [3.63, 3.8) is 0 Å². The molecule has 1 atom stereocenters. The van der Waals surface area contributed by atoms with E-state index in [9.17, 15) is 4.79 Å². The van der Waals surface area contributed by atoms with E-state index in [1.165, 1.54) is 14.0 Å².